The van der Waals surface area contributed by atoms with Crippen LogP contribution in [0.4, 0.5) is 18.9 Å². The number of amides is 3. The lowest BCUT2D eigenvalue weighted by Gasteiger charge is -2.25. The predicted molar refractivity (Wildman–Crippen MR) is 90.6 cm³/mol. The van der Waals surface area contributed by atoms with Gasteiger partial charge in [-0.1, -0.05) is 0 Å². The Balaban J connectivity index is 2.02. The van der Waals surface area contributed by atoms with E-state index in [0.717, 1.165) is 23.9 Å². The van der Waals surface area contributed by atoms with Gasteiger partial charge in [-0.2, -0.15) is 13.2 Å². The fourth-order valence-corrected chi connectivity index (χ4v) is 3.41. The van der Waals surface area contributed by atoms with E-state index in [1.165, 1.54) is 13.0 Å². The summed E-state index contributed by atoms with van der Waals surface area (Å²) in [6.07, 6.45) is -4.70. The molecule has 0 spiro atoms. The Labute approximate surface area is 152 Å². The van der Waals surface area contributed by atoms with Gasteiger partial charge in [-0.15, -0.1) is 11.8 Å². The Morgan fingerprint density at radius 2 is 2.04 bits per heavy atom. The van der Waals surface area contributed by atoms with Crippen LogP contribution in [0.1, 0.15) is 25.8 Å². The van der Waals surface area contributed by atoms with Crippen LogP contribution in [0.5, 0.6) is 0 Å². The van der Waals surface area contributed by atoms with Crippen LogP contribution in [0.15, 0.2) is 23.1 Å². The van der Waals surface area contributed by atoms with Gasteiger partial charge >= 0.3 is 6.18 Å². The molecule has 0 unspecified atom stereocenters. The normalized spacial score (nSPS) is 17.7. The summed E-state index contributed by atoms with van der Waals surface area (Å²) in [6.45, 7) is 3.69. The number of alkyl halides is 3. The van der Waals surface area contributed by atoms with Crippen molar-refractivity contribution in [1.82, 2.24) is 10.6 Å². The van der Waals surface area contributed by atoms with Gasteiger partial charge in [0.1, 0.15) is 6.04 Å². The molecule has 3 N–H and O–H groups in total. The quantitative estimate of drug-likeness (QED) is 0.720. The molecule has 3 amide bonds. The highest BCUT2D eigenvalue weighted by Crippen LogP contribution is 2.40. The number of thioether (sulfide) groups is 1. The van der Waals surface area contributed by atoms with Crippen molar-refractivity contribution in [3.8, 4) is 0 Å². The van der Waals surface area contributed by atoms with Crippen molar-refractivity contribution in [1.29, 1.82) is 0 Å². The Morgan fingerprint density at radius 3 is 2.65 bits per heavy atom. The second-order valence-corrected chi connectivity index (χ2v) is 6.94. The Kier molecular flexibility index (Phi) is 6.17. The van der Waals surface area contributed by atoms with Crippen LogP contribution < -0.4 is 16.0 Å². The van der Waals surface area contributed by atoms with Crippen LogP contribution in [-0.4, -0.2) is 35.6 Å². The van der Waals surface area contributed by atoms with Gasteiger partial charge in [-0.05, 0) is 32.0 Å². The van der Waals surface area contributed by atoms with Crippen LogP contribution in [0.25, 0.3) is 0 Å². The third kappa shape index (κ3) is 4.90. The number of hydrogen-bond donors (Lipinski definition) is 3. The SMILES string of the molecule is CCNC(=O)[C@H](C)NC(=O)C[C@H]1Sc2ccc(C(F)(F)F)cc2NC1=O. The lowest BCUT2D eigenvalue weighted by molar-refractivity contribution is -0.137. The molecule has 10 heteroatoms. The summed E-state index contributed by atoms with van der Waals surface area (Å²) in [6, 6.07) is 2.32. The minimum absolute atomic E-state index is 0.0715. The molecule has 0 aromatic heterocycles. The third-order valence-electron chi connectivity index (χ3n) is 3.62. The van der Waals surface area contributed by atoms with E-state index in [1.54, 1.807) is 6.92 Å². The number of carbonyl (C=O) groups is 3. The molecule has 0 radical (unpaired) electrons. The van der Waals surface area contributed by atoms with Gasteiger partial charge in [0, 0.05) is 17.9 Å². The number of benzene rings is 1. The number of carbonyl (C=O) groups excluding carboxylic acids is 3. The van der Waals surface area contributed by atoms with Gasteiger partial charge in [-0.3, -0.25) is 14.4 Å². The minimum Gasteiger partial charge on any atom is -0.355 e. The zero-order valence-corrected chi connectivity index (χ0v) is 14.9. The molecule has 142 valence electrons. The van der Waals surface area contributed by atoms with Gasteiger partial charge in [0.2, 0.25) is 17.7 Å². The molecule has 0 saturated carbocycles. The molecule has 1 aliphatic heterocycles. The monoisotopic (exact) mass is 389 g/mol. The first-order valence-corrected chi connectivity index (χ1v) is 8.75. The summed E-state index contributed by atoms with van der Waals surface area (Å²) in [5.41, 5.74) is -0.786. The molecule has 6 nitrogen and oxygen atoms in total. The molecule has 0 bridgehead atoms. The van der Waals surface area contributed by atoms with E-state index in [1.807, 2.05) is 0 Å². The number of anilines is 1. The van der Waals surface area contributed by atoms with E-state index in [-0.39, 0.29) is 18.0 Å². The van der Waals surface area contributed by atoms with Crippen molar-refractivity contribution in [2.24, 2.45) is 0 Å². The Bertz CT molecular complexity index is 724. The van der Waals surface area contributed by atoms with Crippen LogP contribution in [0.2, 0.25) is 0 Å². The maximum Gasteiger partial charge on any atom is 0.416 e. The molecule has 2 rings (SSSR count). The van der Waals surface area contributed by atoms with E-state index in [0.29, 0.717) is 11.4 Å². The molecule has 26 heavy (non-hydrogen) atoms. The van der Waals surface area contributed by atoms with E-state index in [4.69, 9.17) is 0 Å². The first-order chi connectivity index (χ1) is 12.1. The fourth-order valence-electron chi connectivity index (χ4n) is 2.32. The van der Waals surface area contributed by atoms with Gasteiger partial charge < -0.3 is 16.0 Å². The van der Waals surface area contributed by atoms with E-state index in [2.05, 4.69) is 16.0 Å². The minimum atomic E-state index is -4.50. The number of rotatable bonds is 5. The number of halogens is 3. The number of likely N-dealkylation sites (N-methyl/N-ethyl adjacent to an activating group) is 1. The van der Waals surface area contributed by atoms with Gasteiger partial charge in [-0.25, -0.2) is 0 Å². The van der Waals surface area contributed by atoms with E-state index in [9.17, 15) is 27.6 Å². The molecular weight excluding hydrogens is 371 g/mol. The topological polar surface area (TPSA) is 87.3 Å². The first kappa shape index (κ1) is 20.1. The van der Waals surface area contributed by atoms with Crippen LogP contribution in [0.3, 0.4) is 0 Å². The molecule has 1 aliphatic rings. The second kappa shape index (κ2) is 7.98. The molecule has 0 aliphatic carbocycles. The van der Waals surface area contributed by atoms with Crippen molar-refractivity contribution in [3.05, 3.63) is 23.8 Å². The average Bonchev–Trinajstić information content (AvgIpc) is 2.54. The predicted octanol–water partition coefficient (Wildman–Crippen LogP) is 2.15. The standard InChI is InChI=1S/C16H18F3N3O3S/c1-3-20-14(24)8(2)21-13(23)7-12-15(25)22-10-6-9(16(17,18)19)4-5-11(10)26-12/h4-6,8,12H,3,7H2,1-2H3,(H,20,24)(H,21,23)(H,22,25)/t8-,12+/m0/s1. The van der Waals surface area contributed by atoms with Gasteiger partial charge in [0.25, 0.3) is 0 Å². The smallest absolute Gasteiger partial charge is 0.355 e. The van der Waals surface area contributed by atoms with Gasteiger partial charge in [0.15, 0.2) is 0 Å². The zero-order valence-electron chi connectivity index (χ0n) is 14.1. The van der Waals surface area contributed by atoms with Crippen molar-refractivity contribution in [2.75, 3.05) is 11.9 Å². The number of nitrogens with one attached hydrogen (secondary N) is 3. The molecule has 1 aromatic carbocycles. The average molecular weight is 389 g/mol. The largest absolute Gasteiger partial charge is 0.416 e. The highest BCUT2D eigenvalue weighted by Gasteiger charge is 2.34. The van der Waals surface area contributed by atoms with E-state index < -0.39 is 34.8 Å². The van der Waals surface area contributed by atoms with Crippen molar-refractivity contribution in [2.45, 2.75) is 42.6 Å². The summed E-state index contributed by atoms with van der Waals surface area (Å²) in [5, 5.41) is 6.67. The van der Waals surface area contributed by atoms with Crippen LogP contribution >= 0.6 is 11.8 Å². The number of fused-ring (bicyclic) bond motifs is 1. The van der Waals surface area contributed by atoms with Crippen molar-refractivity contribution in [3.63, 3.8) is 0 Å². The maximum atomic E-state index is 12.7. The lowest BCUT2D eigenvalue weighted by Crippen LogP contribution is -2.46. The molecule has 2 atom stereocenters. The zero-order chi connectivity index (χ0) is 19.5. The van der Waals surface area contributed by atoms with E-state index >= 15 is 0 Å². The summed E-state index contributed by atoms with van der Waals surface area (Å²) in [4.78, 5) is 36.2. The van der Waals surface area contributed by atoms with Gasteiger partial charge in [0.05, 0.1) is 16.5 Å². The summed E-state index contributed by atoms with van der Waals surface area (Å²) < 4.78 is 38.2. The summed E-state index contributed by atoms with van der Waals surface area (Å²) in [7, 11) is 0. The highest BCUT2D eigenvalue weighted by molar-refractivity contribution is 8.01. The van der Waals surface area contributed by atoms with Crippen LogP contribution in [0, 0.1) is 0 Å². The molecule has 0 saturated heterocycles. The summed E-state index contributed by atoms with van der Waals surface area (Å²) in [5.74, 6) is -1.39. The molecule has 1 heterocycles. The Hall–Kier alpha value is -2.23. The molecule has 1 aromatic rings. The third-order valence-corrected chi connectivity index (χ3v) is 4.89. The fraction of sp³-hybridized carbons (Fsp3) is 0.438. The summed E-state index contributed by atoms with van der Waals surface area (Å²) >= 11 is 1.02. The first-order valence-electron chi connectivity index (χ1n) is 7.87. The maximum absolute atomic E-state index is 12.7. The van der Waals surface area contributed by atoms with Crippen LogP contribution in [-0.2, 0) is 20.6 Å². The lowest BCUT2D eigenvalue weighted by atomic mass is 10.1. The molecule has 0 fully saturated rings. The second-order valence-electron chi connectivity index (χ2n) is 5.69. The number of hydrogen-bond acceptors (Lipinski definition) is 4. The Morgan fingerprint density at radius 1 is 1.35 bits per heavy atom. The van der Waals surface area contributed by atoms with Crippen molar-refractivity contribution < 1.29 is 27.6 Å². The highest BCUT2D eigenvalue weighted by atomic mass is 32.2. The van der Waals surface area contributed by atoms with Crippen molar-refractivity contribution >= 4 is 35.2 Å². The molecular formula is C16H18F3N3O3S.